The minimum atomic E-state index is -5.25. The summed E-state index contributed by atoms with van der Waals surface area (Å²) in [6, 6.07) is 0. The van der Waals surface area contributed by atoms with Crippen molar-refractivity contribution in [2.24, 2.45) is 23.2 Å². The Morgan fingerprint density at radius 1 is 1.12 bits per heavy atom. The highest BCUT2D eigenvalue weighted by Gasteiger charge is 2.55. The molecule has 24 heavy (non-hydrogen) atoms. The van der Waals surface area contributed by atoms with E-state index in [1.54, 1.807) is 0 Å². The van der Waals surface area contributed by atoms with E-state index in [0.29, 0.717) is 17.8 Å². The van der Waals surface area contributed by atoms with E-state index in [-0.39, 0.29) is 12.4 Å². The van der Waals surface area contributed by atoms with Crippen molar-refractivity contribution < 1.29 is 31.1 Å². The van der Waals surface area contributed by atoms with Crippen molar-refractivity contribution >= 4 is 15.8 Å². The van der Waals surface area contributed by atoms with Gasteiger partial charge in [0.2, 0.25) is 9.84 Å². The molecule has 0 spiro atoms. The van der Waals surface area contributed by atoms with Crippen LogP contribution in [0.15, 0.2) is 0 Å². The van der Waals surface area contributed by atoms with Crippen molar-refractivity contribution in [3.63, 3.8) is 0 Å². The Balaban J connectivity index is 1.57. The van der Waals surface area contributed by atoms with Gasteiger partial charge in [-0.15, -0.1) is 0 Å². The lowest BCUT2D eigenvalue weighted by molar-refractivity contribution is -0.176. The Morgan fingerprint density at radius 2 is 1.58 bits per heavy atom. The van der Waals surface area contributed by atoms with E-state index < -0.39 is 32.6 Å². The zero-order valence-electron chi connectivity index (χ0n) is 13.6. The summed E-state index contributed by atoms with van der Waals surface area (Å²) in [6.45, 7) is 1.46. The molecule has 0 amide bonds. The molecule has 138 valence electrons. The molecule has 4 bridgehead atoms. The summed E-state index contributed by atoms with van der Waals surface area (Å²) in [4.78, 5) is 12.6. The standard InChI is InChI=1S/C16H23F3O4S/c1-10(2-3-24(21,22)16(17,18)19)23-14(20)15-7-11-4-12(8-15)6-13(5-11)9-15/h10-13H,2-9H2,1H3. The Kier molecular flexibility index (Phi) is 4.42. The number of carbonyl (C=O) groups is 1. The lowest BCUT2D eigenvalue weighted by Gasteiger charge is -2.55. The highest BCUT2D eigenvalue weighted by Crippen LogP contribution is 2.60. The maximum absolute atomic E-state index is 12.6. The van der Waals surface area contributed by atoms with Gasteiger partial charge in [0.15, 0.2) is 0 Å². The molecule has 0 N–H and O–H groups in total. The molecule has 0 aliphatic heterocycles. The van der Waals surface area contributed by atoms with E-state index in [2.05, 4.69) is 0 Å². The van der Waals surface area contributed by atoms with E-state index in [9.17, 15) is 26.4 Å². The first-order valence-corrected chi connectivity index (χ1v) is 10.2. The van der Waals surface area contributed by atoms with E-state index >= 15 is 0 Å². The van der Waals surface area contributed by atoms with Crippen molar-refractivity contribution in [1.29, 1.82) is 0 Å². The van der Waals surface area contributed by atoms with Crippen LogP contribution in [0.2, 0.25) is 0 Å². The number of alkyl halides is 3. The Labute approximate surface area is 140 Å². The first-order chi connectivity index (χ1) is 11.0. The summed E-state index contributed by atoms with van der Waals surface area (Å²) in [5.74, 6) is 0.295. The lowest BCUT2D eigenvalue weighted by atomic mass is 9.49. The van der Waals surface area contributed by atoms with Gasteiger partial charge in [-0.3, -0.25) is 4.79 Å². The minimum absolute atomic E-state index is 0.333. The molecule has 0 aromatic heterocycles. The van der Waals surface area contributed by atoms with E-state index in [0.717, 1.165) is 19.3 Å². The fraction of sp³-hybridized carbons (Fsp3) is 0.938. The predicted molar refractivity (Wildman–Crippen MR) is 80.6 cm³/mol. The first kappa shape index (κ1) is 18.0. The summed E-state index contributed by atoms with van der Waals surface area (Å²) in [6.07, 6.45) is 4.79. The highest BCUT2D eigenvalue weighted by molar-refractivity contribution is 7.92. The topological polar surface area (TPSA) is 60.4 Å². The summed E-state index contributed by atoms with van der Waals surface area (Å²) < 4.78 is 64.6. The molecule has 0 radical (unpaired) electrons. The third-order valence-electron chi connectivity index (χ3n) is 5.93. The second-order valence-corrected chi connectivity index (χ2v) is 10.1. The number of sulfone groups is 1. The van der Waals surface area contributed by atoms with Crippen LogP contribution in [0.1, 0.15) is 51.9 Å². The fourth-order valence-corrected chi connectivity index (χ4v) is 6.04. The second kappa shape index (κ2) is 5.88. The van der Waals surface area contributed by atoms with Crippen LogP contribution >= 0.6 is 0 Å². The largest absolute Gasteiger partial charge is 0.497 e. The van der Waals surface area contributed by atoms with E-state index in [1.807, 2.05) is 0 Å². The normalized spacial score (nSPS) is 36.6. The lowest BCUT2D eigenvalue weighted by Crippen LogP contribution is -2.51. The number of esters is 1. The Hall–Kier alpha value is -0.790. The molecule has 0 aromatic rings. The van der Waals surface area contributed by atoms with Gasteiger partial charge in [0, 0.05) is 0 Å². The third kappa shape index (κ3) is 3.30. The maximum Gasteiger partial charge on any atom is 0.497 e. The molecule has 4 fully saturated rings. The van der Waals surface area contributed by atoms with E-state index in [4.69, 9.17) is 4.74 Å². The van der Waals surface area contributed by atoms with Crippen LogP contribution in [0.5, 0.6) is 0 Å². The van der Waals surface area contributed by atoms with Crippen molar-refractivity contribution in [3.8, 4) is 0 Å². The highest BCUT2D eigenvalue weighted by atomic mass is 32.2. The van der Waals surface area contributed by atoms with Crippen LogP contribution in [0, 0.1) is 23.2 Å². The number of rotatable bonds is 5. The zero-order valence-corrected chi connectivity index (χ0v) is 14.5. The Bertz CT molecular complexity index is 576. The molecule has 4 saturated carbocycles. The fourth-order valence-electron chi connectivity index (χ4n) is 5.16. The van der Waals surface area contributed by atoms with Gasteiger partial charge < -0.3 is 4.74 Å². The number of hydrogen-bond donors (Lipinski definition) is 0. The van der Waals surface area contributed by atoms with Gasteiger partial charge in [0.25, 0.3) is 0 Å². The number of ether oxygens (including phenoxy) is 1. The Morgan fingerprint density at radius 3 is 2.00 bits per heavy atom. The molecule has 0 saturated heterocycles. The molecule has 4 aliphatic rings. The van der Waals surface area contributed by atoms with Crippen LogP contribution in [-0.4, -0.2) is 31.8 Å². The van der Waals surface area contributed by atoms with Crippen molar-refractivity contribution in [2.45, 2.75) is 63.5 Å². The zero-order chi connectivity index (χ0) is 17.8. The number of halogens is 3. The summed E-state index contributed by atoms with van der Waals surface area (Å²) in [5, 5.41) is 0. The SMILES string of the molecule is CC(CCS(=O)(=O)C(F)(F)F)OC(=O)C12CC3CC(CC(C3)C1)C2. The van der Waals surface area contributed by atoms with Gasteiger partial charge in [0.1, 0.15) is 0 Å². The van der Waals surface area contributed by atoms with Crippen LogP contribution in [-0.2, 0) is 19.4 Å². The van der Waals surface area contributed by atoms with Gasteiger partial charge in [-0.25, -0.2) is 8.42 Å². The van der Waals surface area contributed by atoms with Gasteiger partial charge >= 0.3 is 11.5 Å². The maximum atomic E-state index is 12.6. The van der Waals surface area contributed by atoms with Gasteiger partial charge in [-0.1, -0.05) is 0 Å². The van der Waals surface area contributed by atoms with Gasteiger partial charge in [0.05, 0.1) is 17.3 Å². The third-order valence-corrected chi connectivity index (χ3v) is 7.40. The molecule has 1 atom stereocenters. The molecule has 4 aliphatic carbocycles. The molecule has 4 rings (SSSR count). The van der Waals surface area contributed by atoms with Crippen molar-refractivity contribution in [3.05, 3.63) is 0 Å². The van der Waals surface area contributed by atoms with Gasteiger partial charge in [-0.05, 0) is 69.6 Å². The second-order valence-electron chi connectivity index (χ2n) is 7.97. The minimum Gasteiger partial charge on any atom is -0.462 e. The number of hydrogen-bond acceptors (Lipinski definition) is 4. The molecule has 1 unspecified atom stereocenters. The molecule has 0 aromatic carbocycles. The molecular weight excluding hydrogens is 345 g/mol. The van der Waals surface area contributed by atoms with Crippen molar-refractivity contribution in [1.82, 2.24) is 0 Å². The van der Waals surface area contributed by atoms with E-state index in [1.165, 1.54) is 26.2 Å². The molecule has 0 heterocycles. The van der Waals surface area contributed by atoms with Crippen LogP contribution in [0.25, 0.3) is 0 Å². The average Bonchev–Trinajstić information content (AvgIpc) is 2.42. The van der Waals surface area contributed by atoms with Crippen molar-refractivity contribution in [2.75, 3.05) is 5.75 Å². The smallest absolute Gasteiger partial charge is 0.462 e. The summed E-state index contributed by atoms with van der Waals surface area (Å²) in [7, 11) is -5.16. The monoisotopic (exact) mass is 368 g/mol. The quantitative estimate of drug-likeness (QED) is 0.698. The predicted octanol–water partition coefficient (Wildman–Crippen LogP) is 3.46. The van der Waals surface area contributed by atoms with Gasteiger partial charge in [-0.2, -0.15) is 13.2 Å². The molecule has 8 heteroatoms. The number of carbonyl (C=O) groups excluding carboxylic acids is 1. The summed E-state index contributed by atoms with van der Waals surface area (Å²) in [5.41, 5.74) is -5.73. The van der Waals surface area contributed by atoms with Crippen LogP contribution < -0.4 is 0 Å². The average molecular weight is 368 g/mol. The summed E-state index contributed by atoms with van der Waals surface area (Å²) >= 11 is 0. The van der Waals surface area contributed by atoms with Crippen LogP contribution in [0.3, 0.4) is 0 Å². The molecule has 4 nitrogen and oxygen atoms in total. The van der Waals surface area contributed by atoms with Crippen LogP contribution in [0.4, 0.5) is 13.2 Å². The molecular formula is C16H23F3O4S. The first-order valence-electron chi connectivity index (χ1n) is 8.51.